The van der Waals surface area contributed by atoms with Gasteiger partial charge in [-0.3, -0.25) is 9.59 Å². The maximum absolute atomic E-state index is 11.1. The lowest BCUT2D eigenvalue weighted by atomic mass is 10.1. The van der Waals surface area contributed by atoms with E-state index in [1.165, 1.54) is 26.0 Å². The summed E-state index contributed by atoms with van der Waals surface area (Å²) in [4.78, 5) is 44.0. The molecule has 0 atom stereocenters. The molecule has 0 saturated carbocycles. The van der Waals surface area contributed by atoms with Crippen LogP contribution < -0.4 is 18.9 Å². The van der Waals surface area contributed by atoms with Crippen LogP contribution in [-0.4, -0.2) is 57.5 Å². The molecular formula is C26H24O10S2. The fourth-order valence-corrected chi connectivity index (χ4v) is 4.23. The standard InChI is InChI=1S/2C13H12O5S/c2*1-8(14)19-6-10(13(15)16)4-9-2-3-11-12(5-9)18-7-17-11/h2*2-5H,6-7H2,1H3,(H,15,16)/b10-4+;10-4-. The van der Waals surface area contributed by atoms with Crippen LogP contribution in [0.25, 0.3) is 12.2 Å². The van der Waals surface area contributed by atoms with Crippen molar-refractivity contribution in [2.24, 2.45) is 0 Å². The van der Waals surface area contributed by atoms with Crippen LogP contribution in [0.4, 0.5) is 0 Å². The summed E-state index contributed by atoms with van der Waals surface area (Å²) in [6, 6.07) is 10.4. The van der Waals surface area contributed by atoms with E-state index in [9.17, 15) is 19.2 Å². The van der Waals surface area contributed by atoms with Crippen molar-refractivity contribution >= 4 is 57.8 Å². The van der Waals surface area contributed by atoms with Gasteiger partial charge in [0.1, 0.15) is 0 Å². The summed E-state index contributed by atoms with van der Waals surface area (Å²) in [5.74, 6) is 0.686. The number of carbonyl (C=O) groups is 4. The number of carboxylic acid groups (broad SMARTS) is 2. The van der Waals surface area contributed by atoms with Crippen molar-refractivity contribution in [3.05, 3.63) is 58.7 Å². The molecule has 2 aromatic rings. The van der Waals surface area contributed by atoms with Crippen molar-refractivity contribution in [2.75, 3.05) is 25.1 Å². The van der Waals surface area contributed by atoms with Crippen molar-refractivity contribution in [1.29, 1.82) is 0 Å². The molecule has 0 aromatic heterocycles. The maximum Gasteiger partial charge on any atom is 0.332 e. The summed E-state index contributed by atoms with van der Waals surface area (Å²) in [5.41, 5.74) is 1.73. The Kier molecular flexibility index (Phi) is 10.3. The molecule has 2 aliphatic heterocycles. The molecule has 10 nitrogen and oxygen atoms in total. The minimum atomic E-state index is -1.04. The van der Waals surface area contributed by atoms with E-state index >= 15 is 0 Å². The van der Waals surface area contributed by atoms with Gasteiger partial charge in [0.15, 0.2) is 33.2 Å². The first-order valence-electron chi connectivity index (χ1n) is 11.1. The molecule has 2 aromatic carbocycles. The predicted octanol–water partition coefficient (Wildman–Crippen LogP) is 4.33. The van der Waals surface area contributed by atoms with E-state index in [2.05, 4.69) is 0 Å². The van der Waals surface area contributed by atoms with Crippen molar-refractivity contribution in [1.82, 2.24) is 0 Å². The number of hydrogen-bond donors (Lipinski definition) is 2. The third kappa shape index (κ3) is 8.60. The first-order chi connectivity index (χ1) is 18.1. The SMILES string of the molecule is CC(=O)SC/C(=C/c1ccc2c(c1)OCO2)C(=O)O.CC(=O)SC/C(=C\c1ccc2c(c1)OCO2)C(=O)O. The Morgan fingerprint density at radius 3 is 1.39 bits per heavy atom. The van der Waals surface area contributed by atoms with Gasteiger partial charge in [-0.25, -0.2) is 9.59 Å². The van der Waals surface area contributed by atoms with E-state index in [0.29, 0.717) is 34.1 Å². The van der Waals surface area contributed by atoms with Gasteiger partial charge in [-0.15, -0.1) is 0 Å². The highest BCUT2D eigenvalue weighted by atomic mass is 32.2. The van der Waals surface area contributed by atoms with Crippen LogP contribution in [0, 0.1) is 0 Å². The number of benzene rings is 2. The van der Waals surface area contributed by atoms with Gasteiger partial charge in [0.2, 0.25) is 13.6 Å². The summed E-state index contributed by atoms with van der Waals surface area (Å²) in [6.07, 6.45) is 3.06. The van der Waals surface area contributed by atoms with E-state index in [4.69, 9.17) is 29.2 Å². The van der Waals surface area contributed by atoms with Gasteiger partial charge in [0.25, 0.3) is 0 Å². The Labute approximate surface area is 226 Å². The lowest BCUT2D eigenvalue weighted by molar-refractivity contribution is -0.133. The second-order valence-corrected chi connectivity index (χ2v) is 10.0. The van der Waals surface area contributed by atoms with Gasteiger partial charge < -0.3 is 29.2 Å². The molecule has 0 amide bonds. The minimum Gasteiger partial charge on any atom is -0.478 e. The number of carbonyl (C=O) groups excluding carboxylic acids is 2. The molecule has 200 valence electrons. The van der Waals surface area contributed by atoms with Crippen molar-refractivity contribution in [2.45, 2.75) is 13.8 Å². The third-order valence-electron chi connectivity index (χ3n) is 4.89. The minimum absolute atomic E-state index is 0.113. The van der Waals surface area contributed by atoms with Gasteiger partial charge in [-0.1, -0.05) is 35.7 Å². The lowest BCUT2D eigenvalue weighted by Gasteiger charge is -2.02. The monoisotopic (exact) mass is 560 g/mol. The molecule has 2 N–H and O–H groups in total. The Hall–Kier alpha value is -3.90. The summed E-state index contributed by atoms with van der Waals surface area (Å²) in [7, 11) is 0. The summed E-state index contributed by atoms with van der Waals surface area (Å²) in [5, 5.41) is 18.0. The molecule has 0 bridgehead atoms. The Morgan fingerprint density at radius 1 is 0.684 bits per heavy atom. The molecule has 0 radical (unpaired) electrons. The molecule has 12 heteroatoms. The smallest absolute Gasteiger partial charge is 0.332 e. The van der Waals surface area contributed by atoms with Gasteiger partial charge >= 0.3 is 11.9 Å². The maximum atomic E-state index is 11.1. The highest BCUT2D eigenvalue weighted by Gasteiger charge is 2.16. The fraction of sp³-hybridized carbons (Fsp3) is 0.231. The second-order valence-electron chi connectivity index (χ2n) is 7.74. The van der Waals surface area contributed by atoms with Crippen molar-refractivity contribution in [3.63, 3.8) is 0 Å². The van der Waals surface area contributed by atoms with E-state index in [-0.39, 0.29) is 46.5 Å². The van der Waals surface area contributed by atoms with Crippen LogP contribution >= 0.6 is 23.5 Å². The first kappa shape index (κ1) is 28.7. The number of carboxylic acids is 2. The van der Waals surface area contributed by atoms with Crippen LogP contribution in [0.5, 0.6) is 23.0 Å². The summed E-state index contributed by atoms with van der Waals surface area (Å²) < 4.78 is 20.8. The number of fused-ring (bicyclic) bond motifs is 2. The molecule has 4 rings (SSSR count). The van der Waals surface area contributed by atoms with E-state index in [1.54, 1.807) is 36.4 Å². The van der Waals surface area contributed by atoms with Gasteiger partial charge in [0, 0.05) is 36.5 Å². The molecule has 38 heavy (non-hydrogen) atoms. The average Bonchev–Trinajstić information content (AvgIpc) is 3.52. The molecule has 0 aliphatic carbocycles. The van der Waals surface area contributed by atoms with E-state index in [0.717, 1.165) is 23.5 Å². The van der Waals surface area contributed by atoms with Crippen LogP contribution in [-0.2, 0) is 19.2 Å². The second kappa shape index (κ2) is 13.6. The number of hydrogen-bond acceptors (Lipinski definition) is 10. The molecule has 0 saturated heterocycles. The normalized spacial score (nSPS) is 13.4. The zero-order chi connectivity index (χ0) is 27.7. The zero-order valence-electron chi connectivity index (χ0n) is 20.4. The number of rotatable bonds is 8. The molecule has 0 unspecified atom stereocenters. The Morgan fingerprint density at radius 2 is 1.05 bits per heavy atom. The highest BCUT2D eigenvalue weighted by molar-refractivity contribution is 8.14. The van der Waals surface area contributed by atoms with Gasteiger partial charge in [0.05, 0.1) is 0 Å². The number of thioether (sulfide) groups is 2. The Balaban J connectivity index is 0.000000211. The number of aliphatic carboxylic acids is 2. The third-order valence-corrected chi connectivity index (χ3v) is 6.61. The molecule has 2 heterocycles. The quantitative estimate of drug-likeness (QED) is 0.443. The molecule has 2 aliphatic rings. The zero-order valence-corrected chi connectivity index (χ0v) is 22.1. The molecule has 0 spiro atoms. The van der Waals surface area contributed by atoms with Crippen LogP contribution in [0.2, 0.25) is 0 Å². The summed E-state index contributed by atoms with van der Waals surface area (Å²) in [6.45, 7) is 3.17. The van der Waals surface area contributed by atoms with E-state index in [1.807, 2.05) is 0 Å². The number of ether oxygens (including phenoxy) is 4. The van der Waals surface area contributed by atoms with Gasteiger partial charge in [-0.05, 0) is 47.5 Å². The topological polar surface area (TPSA) is 146 Å². The predicted molar refractivity (Wildman–Crippen MR) is 143 cm³/mol. The van der Waals surface area contributed by atoms with E-state index < -0.39 is 11.9 Å². The largest absolute Gasteiger partial charge is 0.478 e. The first-order valence-corrected chi connectivity index (χ1v) is 13.0. The Bertz CT molecular complexity index is 1200. The summed E-state index contributed by atoms with van der Waals surface area (Å²) >= 11 is 1.94. The fourth-order valence-electron chi connectivity index (χ4n) is 3.10. The van der Waals surface area contributed by atoms with Crippen molar-refractivity contribution in [3.8, 4) is 23.0 Å². The molecular weight excluding hydrogens is 536 g/mol. The van der Waals surface area contributed by atoms with Crippen LogP contribution in [0.3, 0.4) is 0 Å². The van der Waals surface area contributed by atoms with Gasteiger partial charge in [-0.2, -0.15) is 0 Å². The highest BCUT2D eigenvalue weighted by Crippen LogP contribution is 2.34. The molecule has 0 fully saturated rings. The van der Waals surface area contributed by atoms with Crippen LogP contribution in [0.15, 0.2) is 47.5 Å². The van der Waals surface area contributed by atoms with Crippen LogP contribution in [0.1, 0.15) is 25.0 Å². The lowest BCUT2D eigenvalue weighted by Crippen LogP contribution is -2.04. The average molecular weight is 561 g/mol. The van der Waals surface area contributed by atoms with Crippen molar-refractivity contribution < 1.29 is 48.3 Å².